The lowest BCUT2D eigenvalue weighted by atomic mass is 9.95. The smallest absolute Gasteiger partial charge is 0.0408 e. The third-order valence-electron chi connectivity index (χ3n) is 2.78. The van der Waals surface area contributed by atoms with Crippen LogP contribution in [0.3, 0.4) is 0 Å². The SMILES string of the molecule is CCNC(C)CC(C)Cc1cccc(Cl)c1. The fraction of sp³-hybridized carbons (Fsp3) is 0.571. The van der Waals surface area contributed by atoms with Crippen molar-refractivity contribution in [2.75, 3.05) is 6.54 Å². The van der Waals surface area contributed by atoms with Crippen LogP contribution in [0, 0.1) is 5.92 Å². The third-order valence-corrected chi connectivity index (χ3v) is 3.02. The molecule has 0 aliphatic heterocycles. The van der Waals surface area contributed by atoms with E-state index in [0.717, 1.165) is 18.0 Å². The maximum Gasteiger partial charge on any atom is 0.0408 e. The quantitative estimate of drug-likeness (QED) is 0.794. The minimum absolute atomic E-state index is 0.596. The van der Waals surface area contributed by atoms with Gasteiger partial charge < -0.3 is 5.32 Å². The van der Waals surface area contributed by atoms with Gasteiger partial charge in [-0.25, -0.2) is 0 Å². The average molecular weight is 240 g/mol. The number of rotatable bonds is 6. The van der Waals surface area contributed by atoms with E-state index in [1.54, 1.807) is 0 Å². The van der Waals surface area contributed by atoms with Crippen molar-refractivity contribution in [3.8, 4) is 0 Å². The Balaban J connectivity index is 2.42. The Bertz CT molecular complexity index is 311. The van der Waals surface area contributed by atoms with Gasteiger partial charge in [0.15, 0.2) is 0 Å². The van der Waals surface area contributed by atoms with Crippen LogP contribution in [-0.4, -0.2) is 12.6 Å². The second kappa shape index (κ2) is 6.93. The van der Waals surface area contributed by atoms with Crippen LogP contribution in [0.5, 0.6) is 0 Å². The predicted octanol–water partition coefficient (Wildman–Crippen LogP) is 3.91. The van der Waals surface area contributed by atoms with Gasteiger partial charge >= 0.3 is 0 Å². The van der Waals surface area contributed by atoms with Gasteiger partial charge in [-0.05, 0) is 49.9 Å². The van der Waals surface area contributed by atoms with E-state index in [1.165, 1.54) is 12.0 Å². The second-order valence-corrected chi connectivity index (χ2v) is 5.07. The molecule has 1 aromatic carbocycles. The highest BCUT2D eigenvalue weighted by Crippen LogP contribution is 2.17. The maximum absolute atomic E-state index is 5.97. The first-order valence-electron chi connectivity index (χ1n) is 6.09. The van der Waals surface area contributed by atoms with Crippen LogP contribution in [0.4, 0.5) is 0 Å². The van der Waals surface area contributed by atoms with E-state index in [0.29, 0.717) is 12.0 Å². The summed E-state index contributed by atoms with van der Waals surface area (Å²) in [4.78, 5) is 0. The molecule has 2 unspecified atom stereocenters. The molecular weight excluding hydrogens is 218 g/mol. The monoisotopic (exact) mass is 239 g/mol. The Hall–Kier alpha value is -0.530. The molecule has 0 aliphatic carbocycles. The first kappa shape index (κ1) is 13.5. The van der Waals surface area contributed by atoms with Crippen molar-refractivity contribution in [1.82, 2.24) is 5.32 Å². The Morgan fingerprint density at radius 2 is 2.06 bits per heavy atom. The summed E-state index contributed by atoms with van der Waals surface area (Å²) in [6.07, 6.45) is 2.32. The van der Waals surface area contributed by atoms with E-state index in [1.807, 2.05) is 12.1 Å². The molecule has 90 valence electrons. The minimum atomic E-state index is 0.596. The highest BCUT2D eigenvalue weighted by atomic mass is 35.5. The highest BCUT2D eigenvalue weighted by Gasteiger charge is 2.08. The molecule has 16 heavy (non-hydrogen) atoms. The summed E-state index contributed by atoms with van der Waals surface area (Å²) < 4.78 is 0. The lowest BCUT2D eigenvalue weighted by molar-refractivity contribution is 0.426. The largest absolute Gasteiger partial charge is 0.315 e. The molecule has 1 aromatic rings. The van der Waals surface area contributed by atoms with Crippen molar-refractivity contribution in [1.29, 1.82) is 0 Å². The minimum Gasteiger partial charge on any atom is -0.315 e. The van der Waals surface area contributed by atoms with E-state index in [2.05, 4.69) is 38.2 Å². The molecule has 0 aromatic heterocycles. The molecule has 0 heterocycles. The Morgan fingerprint density at radius 1 is 1.31 bits per heavy atom. The fourth-order valence-electron chi connectivity index (χ4n) is 2.18. The van der Waals surface area contributed by atoms with E-state index in [-0.39, 0.29) is 0 Å². The molecule has 2 heteroatoms. The number of hydrogen-bond acceptors (Lipinski definition) is 1. The van der Waals surface area contributed by atoms with Crippen LogP contribution < -0.4 is 5.32 Å². The van der Waals surface area contributed by atoms with E-state index >= 15 is 0 Å². The average Bonchev–Trinajstić information content (AvgIpc) is 2.17. The van der Waals surface area contributed by atoms with Crippen molar-refractivity contribution < 1.29 is 0 Å². The summed E-state index contributed by atoms with van der Waals surface area (Å²) in [7, 11) is 0. The van der Waals surface area contributed by atoms with E-state index in [4.69, 9.17) is 11.6 Å². The Labute approximate surface area is 104 Å². The molecule has 0 spiro atoms. The normalized spacial score (nSPS) is 14.8. The zero-order chi connectivity index (χ0) is 12.0. The molecular formula is C14H22ClN. The summed E-state index contributed by atoms with van der Waals surface area (Å²) in [6, 6.07) is 8.77. The zero-order valence-electron chi connectivity index (χ0n) is 10.5. The van der Waals surface area contributed by atoms with Crippen molar-refractivity contribution in [2.24, 2.45) is 5.92 Å². The summed E-state index contributed by atoms with van der Waals surface area (Å²) >= 11 is 5.97. The van der Waals surface area contributed by atoms with Gasteiger partial charge in [-0.2, -0.15) is 0 Å². The molecule has 1 rings (SSSR count). The van der Waals surface area contributed by atoms with Gasteiger partial charge in [-0.15, -0.1) is 0 Å². The number of nitrogens with one attached hydrogen (secondary N) is 1. The van der Waals surface area contributed by atoms with Crippen molar-refractivity contribution in [2.45, 2.75) is 39.7 Å². The van der Waals surface area contributed by atoms with E-state index in [9.17, 15) is 0 Å². The molecule has 1 nitrogen and oxygen atoms in total. The van der Waals surface area contributed by atoms with Gasteiger partial charge in [0, 0.05) is 11.1 Å². The summed E-state index contributed by atoms with van der Waals surface area (Å²) in [6.45, 7) is 7.75. The van der Waals surface area contributed by atoms with Gasteiger partial charge in [0.2, 0.25) is 0 Å². The number of benzene rings is 1. The molecule has 0 fully saturated rings. The predicted molar refractivity (Wildman–Crippen MR) is 72.1 cm³/mol. The summed E-state index contributed by atoms with van der Waals surface area (Å²) in [5.74, 6) is 0.688. The van der Waals surface area contributed by atoms with Crippen molar-refractivity contribution in [3.63, 3.8) is 0 Å². The van der Waals surface area contributed by atoms with Crippen LogP contribution in [0.2, 0.25) is 5.02 Å². The third kappa shape index (κ3) is 5.00. The van der Waals surface area contributed by atoms with Crippen LogP contribution in [0.25, 0.3) is 0 Å². The van der Waals surface area contributed by atoms with Crippen LogP contribution in [-0.2, 0) is 6.42 Å². The number of hydrogen-bond donors (Lipinski definition) is 1. The van der Waals surface area contributed by atoms with Gasteiger partial charge in [0.05, 0.1) is 0 Å². The van der Waals surface area contributed by atoms with Gasteiger partial charge in [-0.1, -0.05) is 37.6 Å². The molecule has 0 saturated heterocycles. The van der Waals surface area contributed by atoms with Gasteiger partial charge in [-0.3, -0.25) is 0 Å². The molecule has 2 atom stereocenters. The van der Waals surface area contributed by atoms with E-state index < -0.39 is 0 Å². The first-order chi connectivity index (χ1) is 7.61. The molecule has 0 saturated carbocycles. The zero-order valence-corrected chi connectivity index (χ0v) is 11.2. The molecule has 1 N–H and O–H groups in total. The number of halogens is 1. The molecule has 0 amide bonds. The first-order valence-corrected chi connectivity index (χ1v) is 6.47. The standard InChI is InChI=1S/C14H22ClN/c1-4-16-12(3)8-11(2)9-13-6-5-7-14(15)10-13/h5-7,10-12,16H,4,8-9H2,1-3H3. The lowest BCUT2D eigenvalue weighted by Crippen LogP contribution is -2.27. The van der Waals surface area contributed by atoms with Crippen molar-refractivity contribution in [3.05, 3.63) is 34.9 Å². The Morgan fingerprint density at radius 3 is 2.69 bits per heavy atom. The fourth-order valence-corrected chi connectivity index (χ4v) is 2.40. The second-order valence-electron chi connectivity index (χ2n) is 4.63. The van der Waals surface area contributed by atoms with Crippen LogP contribution in [0.15, 0.2) is 24.3 Å². The van der Waals surface area contributed by atoms with Crippen LogP contribution >= 0.6 is 11.6 Å². The van der Waals surface area contributed by atoms with Crippen LogP contribution in [0.1, 0.15) is 32.8 Å². The Kier molecular flexibility index (Phi) is 5.86. The maximum atomic E-state index is 5.97. The lowest BCUT2D eigenvalue weighted by Gasteiger charge is -2.18. The van der Waals surface area contributed by atoms with Gasteiger partial charge in [0.1, 0.15) is 0 Å². The van der Waals surface area contributed by atoms with Gasteiger partial charge in [0.25, 0.3) is 0 Å². The highest BCUT2D eigenvalue weighted by molar-refractivity contribution is 6.30. The molecule has 0 aliphatic rings. The van der Waals surface area contributed by atoms with Crippen molar-refractivity contribution >= 4 is 11.6 Å². The summed E-state index contributed by atoms with van der Waals surface area (Å²) in [5, 5.41) is 4.28. The molecule has 0 bridgehead atoms. The topological polar surface area (TPSA) is 12.0 Å². The summed E-state index contributed by atoms with van der Waals surface area (Å²) in [5.41, 5.74) is 1.34. The molecule has 0 radical (unpaired) electrons.